The third kappa shape index (κ3) is 4.29. The van der Waals surface area contributed by atoms with Crippen LogP contribution in [0.1, 0.15) is 23.7 Å². The molecule has 0 spiro atoms. The number of ether oxygens (including phenoxy) is 1. The van der Waals surface area contributed by atoms with Gasteiger partial charge in [0.15, 0.2) is 5.78 Å². The van der Waals surface area contributed by atoms with Crippen LogP contribution in [0.2, 0.25) is 0 Å². The first-order valence-electron chi connectivity index (χ1n) is 7.32. The minimum absolute atomic E-state index is 0.193. The monoisotopic (exact) mass is 290 g/mol. The lowest BCUT2D eigenvalue weighted by Gasteiger charge is -2.34. The predicted octanol–water partition coefficient (Wildman–Crippen LogP) is 1.57. The van der Waals surface area contributed by atoms with Crippen LogP contribution in [-0.2, 0) is 9.53 Å². The number of hydrogen-bond acceptors (Lipinski definition) is 5. The number of benzene rings is 1. The van der Waals surface area contributed by atoms with Crippen molar-refractivity contribution >= 4 is 17.4 Å². The lowest BCUT2D eigenvalue weighted by Crippen LogP contribution is -2.44. The van der Waals surface area contributed by atoms with Gasteiger partial charge in [-0.1, -0.05) is 0 Å². The minimum atomic E-state index is -0.467. The number of likely N-dealkylation sites (N-methyl/N-ethyl adjacent to an activating group) is 1. The molecule has 0 amide bonds. The number of esters is 1. The summed E-state index contributed by atoms with van der Waals surface area (Å²) in [5.41, 5.74) is 1.68. The molecular formula is C16H22N2O3. The second-order valence-electron chi connectivity index (χ2n) is 5.24. The number of hydrogen-bond donors (Lipinski definition) is 0. The highest BCUT2D eigenvalue weighted by atomic mass is 16.5. The molecule has 1 aromatic carbocycles. The van der Waals surface area contributed by atoms with Crippen LogP contribution in [0.15, 0.2) is 24.3 Å². The van der Waals surface area contributed by atoms with E-state index in [0.29, 0.717) is 12.2 Å². The molecule has 5 nitrogen and oxygen atoms in total. The third-order valence-electron chi connectivity index (χ3n) is 3.67. The van der Waals surface area contributed by atoms with Crippen molar-refractivity contribution in [1.82, 2.24) is 4.90 Å². The Hall–Kier alpha value is -1.88. The predicted molar refractivity (Wildman–Crippen MR) is 81.7 cm³/mol. The molecule has 1 aromatic rings. The zero-order valence-electron chi connectivity index (χ0n) is 12.7. The first-order valence-corrected chi connectivity index (χ1v) is 7.32. The van der Waals surface area contributed by atoms with Crippen LogP contribution in [0.3, 0.4) is 0 Å². The Labute approximate surface area is 125 Å². The average molecular weight is 290 g/mol. The van der Waals surface area contributed by atoms with Crippen LogP contribution in [0.25, 0.3) is 0 Å². The van der Waals surface area contributed by atoms with E-state index in [2.05, 4.69) is 16.8 Å². The molecule has 0 saturated carbocycles. The number of carbonyl (C=O) groups excluding carboxylic acids is 2. The van der Waals surface area contributed by atoms with E-state index >= 15 is 0 Å². The van der Waals surface area contributed by atoms with Gasteiger partial charge < -0.3 is 14.5 Å². The van der Waals surface area contributed by atoms with Crippen molar-refractivity contribution in [2.45, 2.75) is 13.3 Å². The molecule has 0 N–H and O–H groups in total. The van der Waals surface area contributed by atoms with Crippen LogP contribution < -0.4 is 4.90 Å². The number of carbonyl (C=O) groups is 2. The Kier molecular flexibility index (Phi) is 5.33. The molecule has 0 bridgehead atoms. The smallest absolute Gasteiger partial charge is 0.313 e. The molecule has 1 fully saturated rings. The van der Waals surface area contributed by atoms with E-state index in [1.54, 1.807) is 19.1 Å². The molecule has 0 aliphatic carbocycles. The molecule has 21 heavy (non-hydrogen) atoms. The first-order chi connectivity index (χ1) is 10.1. The second kappa shape index (κ2) is 7.22. The van der Waals surface area contributed by atoms with E-state index in [0.717, 1.165) is 31.9 Å². The fourth-order valence-electron chi connectivity index (χ4n) is 2.37. The zero-order valence-corrected chi connectivity index (χ0v) is 12.7. The molecular weight excluding hydrogens is 268 g/mol. The number of piperazine rings is 1. The largest absolute Gasteiger partial charge is 0.466 e. The van der Waals surface area contributed by atoms with E-state index in [1.165, 1.54) is 0 Å². The van der Waals surface area contributed by atoms with Gasteiger partial charge in [0.25, 0.3) is 0 Å². The SMILES string of the molecule is CCOC(=O)CC(=O)c1ccc(N2CCN(C)CC2)cc1. The quantitative estimate of drug-likeness (QED) is 0.468. The van der Waals surface area contributed by atoms with Crippen molar-refractivity contribution in [3.63, 3.8) is 0 Å². The standard InChI is InChI=1S/C16H22N2O3/c1-3-21-16(20)12-15(19)13-4-6-14(7-5-13)18-10-8-17(2)9-11-18/h4-7H,3,8-12H2,1-2H3. The molecule has 1 aliphatic rings. The Bertz CT molecular complexity index is 491. The summed E-state index contributed by atoms with van der Waals surface area (Å²) in [6.07, 6.45) is -0.193. The summed E-state index contributed by atoms with van der Waals surface area (Å²) in [4.78, 5) is 27.9. The normalized spacial score (nSPS) is 15.8. The van der Waals surface area contributed by atoms with Crippen molar-refractivity contribution < 1.29 is 14.3 Å². The zero-order chi connectivity index (χ0) is 15.2. The average Bonchev–Trinajstić information content (AvgIpc) is 2.48. The molecule has 5 heteroatoms. The molecule has 114 valence electrons. The first kappa shape index (κ1) is 15.5. The van der Waals surface area contributed by atoms with Gasteiger partial charge in [-0.3, -0.25) is 9.59 Å². The van der Waals surface area contributed by atoms with Crippen LogP contribution in [0, 0.1) is 0 Å². The molecule has 0 aromatic heterocycles. The Morgan fingerprint density at radius 2 is 1.71 bits per heavy atom. The topological polar surface area (TPSA) is 49.9 Å². The van der Waals surface area contributed by atoms with Crippen molar-refractivity contribution in [1.29, 1.82) is 0 Å². The molecule has 0 radical (unpaired) electrons. The number of anilines is 1. The highest BCUT2D eigenvalue weighted by Crippen LogP contribution is 2.17. The van der Waals surface area contributed by atoms with Gasteiger partial charge in [0.05, 0.1) is 6.61 Å². The minimum Gasteiger partial charge on any atom is -0.466 e. The van der Waals surface area contributed by atoms with Gasteiger partial charge in [0.1, 0.15) is 6.42 Å². The fourth-order valence-corrected chi connectivity index (χ4v) is 2.37. The molecule has 2 rings (SSSR count). The highest BCUT2D eigenvalue weighted by molar-refractivity contribution is 6.06. The van der Waals surface area contributed by atoms with E-state index in [1.807, 2.05) is 12.1 Å². The number of rotatable bonds is 5. The maximum Gasteiger partial charge on any atom is 0.313 e. The van der Waals surface area contributed by atoms with Gasteiger partial charge in [-0.05, 0) is 38.2 Å². The third-order valence-corrected chi connectivity index (χ3v) is 3.67. The van der Waals surface area contributed by atoms with E-state index in [-0.39, 0.29) is 12.2 Å². The lowest BCUT2D eigenvalue weighted by atomic mass is 10.1. The summed E-state index contributed by atoms with van der Waals surface area (Å²) >= 11 is 0. The van der Waals surface area contributed by atoms with Gasteiger partial charge in [-0.25, -0.2) is 0 Å². The number of ketones is 1. The maximum absolute atomic E-state index is 11.9. The summed E-state index contributed by atoms with van der Waals surface area (Å²) in [5.74, 6) is -0.663. The van der Waals surface area contributed by atoms with Gasteiger partial charge in [0.2, 0.25) is 0 Å². The van der Waals surface area contributed by atoms with Gasteiger partial charge >= 0.3 is 5.97 Å². The Morgan fingerprint density at radius 1 is 1.10 bits per heavy atom. The van der Waals surface area contributed by atoms with Crippen LogP contribution in [0.4, 0.5) is 5.69 Å². The summed E-state index contributed by atoms with van der Waals surface area (Å²) in [5, 5.41) is 0. The lowest BCUT2D eigenvalue weighted by molar-refractivity contribution is -0.141. The second-order valence-corrected chi connectivity index (χ2v) is 5.24. The fraction of sp³-hybridized carbons (Fsp3) is 0.500. The van der Waals surface area contributed by atoms with Gasteiger partial charge in [-0.2, -0.15) is 0 Å². The Morgan fingerprint density at radius 3 is 2.29 bits per heavy atom. The van der Waals surface area contributed by atoms with Crippen molar-refractivity contribution in [3.05, 3.63) is 29.8 Å². The number of Topliss-reactive ketones (excluding diaryl/α,β-unsaturated/α-hetero) is 1. The maximum atomic E-state index is 11.9. The molecule has 0 atom stereocenters. The number of nitrogens with zero attached hydrogens (tertiary/aromatic N) is 2. The van der Waals surface area contributed by atoms with Crippen molar-refractivity contribution in [3.8, 4) is 0 Å². The summed E-state index contributed by atoms with van der Waals surface area (Å²) in [7, 11) is 2.12. The van der Waals surface area contributed by atoms with Crippen LogP contribution in [0.5, 0.6) is 0 Å². The molecule has 1 heterocycles. The van der Waals surface area contributed by atoms with E-state index in [4.69, 9.17) is 4.74 Å². The summed E-state index contributed by atoms with van der Waals surface area (Å²) in [6.45, 7) is 6.11. The van der Waals surface area contributed by atoms with E-state index < -0.39 is 5.97 Å². The highest BCUT2D eigenvalue weighted by Gasteiger charge is 2.16. The van der Waals surface area contributed by atoms with Crippen LogP contribution in [-0.4, -0.2) is 56.5 Å². The van der Waals surface area contributed by atoms with Crippen molar-refractivity contribution in [2.75, 3.05) is 44.7 Å². The van der Waals surface area contributed by atoms with Gasteiger partial charge in [0, 0.05) is 37.4 Å². The summed E-state index contributed by atoms with van der Waals surface area (Å²) < 4.78 is 4.79. The molecule has 0 unspecified atom stereocenters. The van der Waals surface area contributed by atoms with Crippen LogP contribution >= 0.6 is 0 Å². The van der Waals surface area contributed by atoms with Crippen molar-refractivity contribution in [2.24, 2.45) is 0 Å². The summed E-state index contributed by atoms with van der Waals surface area (Å²) in [6, 6.07) is 7.47. The molecule has 1 aliphatic heterocycles. The van der Waals surface area contributed by atoms with E-state index in [9.17, 15) is 9.59 Å². The van der Waals surface area contributed by atoms with Gasteiger partial charge in [-0.15, -0.1) is 0 Å². The Balaban J connectivity index is 1.95. The molecule has 1 saturated heterocycles.